The van der Waals surface area contributed by atoms with Gasteiger partial charge in [-0.2, -0.15) is 4.98 Å². The number of rotatable bonds is 3. The van der Waals surface area contributed by atoms with Crippen molar-refractivity contribution in [3.05, 3.63) is 60.0 Å². The molecule has 0 spiro atoms. The molecule has 3 aromatic rings. The van der Waals surface area contributed by atoms with Crippen LogP contribution in [0.2, 0.25) is 0 Å². The van der Waals surface area contributed by atoms with E-state index in [1.807, 2.05) is 12.1 Å². The summed E-state index contributed by atoms with van der Waals surface area (Å²) in [6.07, 6.45) is 0. The fraction of sp³-hybridized carbons (Fsp3) is 0.125. The molecule has 0 aliphatic carbocycles. The van der Waals surface area contributed by atoms with Crippen LogP contribution >= 0.6 is 15.9 Å². The van der Waals surface area contributed by atoms with Crippen molar-refractivity contribution in [2.75, 3.05) is 0 Å². The molecule has 3 nitrogen and oxygen atoms in total. The van der Waals surface area contributed by atoms with Gasteiger partial charge in [0.25, 0.3) is 0 Å². The van der Waals surface area contributed by atoms with Gasteiger partial charge in [-0.25, -0.2) is 0 Å². The average Bonchev–Trinajstić information content (AvgIpc) is 2.94. The van der Waals surface area contributed by atoms with E-state index >= 15 is 0 Å². The molecule has 0 amide bonds. The van der Waals surface area contributed by atoms with Crippen molar-refractivity contribution in [2.24, 2.45) is 0 Å². The summed E-state index contributed by atoms with van der Waals surface area (Å²) in [5.41, 5.74) is 4.55. The SMILES string of the molecule is Cc1nc(-c2cccc(-c3cccc(CBr)c3)c2)no1. The topological polar surface area (TPSA) is 38.9 Å². The maximum absolute atomic E-state index is 5.03. The lowest BCUT2D eigenvalue weighted by Gasteiger charge is -2.05. The van der Waals surface area contributed by atoms with E-state index in [9.17, 15) is 0 Å². The Bertz CT molecular complexity index is 737. The molecule has 0 aliphatic heterocycles. The van der Waals surface area contributed by atoms with Crippen LogP contribution in [0, 0.1) is 6.92 Å². The second-order valence-electron chi connectivity index (χ2n) is 4.55. The summed E-state index contributed by atoms with van der Waals surface area (Å²) in [5, 5.41) is 4.81. The predicted molar refractivity (Wildman–Crippen MR) is 82.5 cm³/mol. The molecule has 0 bridgehead atoms. The van der Waals surface area contributed by atoms with Crippen molar-refractivity contribution in [1.29, 1.82) is 0 Å². The van der Waals surface area contributed by atoms with E-state index < -0.39 is 0 Å². The fourth-order valence-electron chi connectivity index (χ4n) is 2.09. The van der Waals surface area contributed by atoms with Gasteiger partial charge in [-0.3, -0.25) is 0 Å². The molecule has 0 aliphatic rings. The highest BCUT2D eigenvalue weighted by Crippen LogP contribution is 2.26. The second-order valence-corrected chi connectivity index (χ2v) is 5.11. The summed E-state index contributed by atoms with van der Waals surface area (Å²) in [6.45, 7) is 1.79. The molecule has 4 heteroatoms. The molecule has 1 heterocycles. The molecule has 3 rings (SSSR count). The first-order valence-corrected chi connectivity index (χ1v) is 7.44. The number of aromatic nitrogens is 2. The molecule has 1 aromatic heterocycles. The number of nitrogens with zero attached hydrogens (tertiary/aromatic N) is 2. The normalized spacial score (nSPS) is 10.7. The minimum atomic E-state index is 0.576. The van der Waals surface area contributed by atoms with Gasteiger partial charge in [0.15, 0.2) is 0 Å². The molecule has 100 valence electrons. The number of halogens is 1. The van der Waals surface area contributed by atoms with Crippen LogP contribution in [0.25, 0.3) is 22.5 Å². The Morgan fingerprint density at radius 3 is 2.40 bits per heavy atom. The molecule has 2 aromatic carbocycles. The average molecular weight is 329 g/mol. The number of aryl methyl sites for hydroxylation is 1. The summed E-state index contributed by atoms with van der Waals surface area (Å²) < 4.78 is 5.03. The van der Waals surface area contributed by atoms with Crippen LogP contribution in [0.4, 0.5) is 0 Å². The predicted octanol–water partition coefficient (Wildman–Crippen LogP) is 4.61. The molecular formula is C16H13BrN2O. The molecule has 0 atom stereocenters. The monoisotopic (exact) mass is 328 g/mol. The van der Waals surface area contributed by atoms with E-state index in [2.05, 4.69) is 62.5 Å². The van der Waals surface area contributed by atoms with Gasteiger partial charge in [-0.05, 0) is 22.8 Å². The van der Waals surface area contributed by atoms with Crippen LogP contribution in [0.3, 0.4) is 0 Å². The van der Waals surface area contributed by atoms with Crippen molar-refractivity contribution < 1.29 is 4.52 Å². The third-order valence-corrected chi connectivity index (χ3v) is 3.71. The van der Waals surface area contributed by atoms with E-state index in [0.717, 1.165) is 16.5 Å². The minimum absolute atomic E-state index is 0.576. The first kappa shape index (κ1) is 13.1. The number of alkyl halides is 1. The van der Waals surface area contributed by atoms with Gasteiger partial charge in [0.1, 0.15) is 0 Å². The Morgan fingerprint density at radius 2 is 1.70 bits per heavy atom. The van der Waals surface area contributed by atoms with Crippen LogP contribution in [0.1, 0.15) is 11.5 Å². The lowest BCUT2D eigenvalue weighted by Crippen LogP contribution is -1.85. The van der Waals surface area contributed by atoms with Gasteiger partial charge in [-0.15, -0.1) is 0 Å². The standard InChI is InChI=1S/C16H13BrN2O/c1-11-18-16(19-20-11)15-7-3-6-14(9-15)13-5-2-4-12(8-13)10-17/h2-9H,10H2,1H3. The largest absolute Gasteiger partial charge is 0.339 e. The van der Waals surface area contributed by atoms with Crippen molar-refractivity contribution in [3.8, 4) is 22.5 Å². The van der Waals surface area contributed by atoms with E-state index in [4.69, 9.17) is 4.52 Å². The Hall–Kier alpha value is -1.94. The Balaban J connectivity index is 2.02. The molecule has 0 unspecified atom stereocenters. The smallest absolute Gasteiger partial charge is 0.223 e. The number of benzene rings is 2. The van der Waals surface area contributed by atoms with E-state index in [1.165, 1.54) is 11.1 Å². The van der Waals surface area contributed by atoms with Crippen LogP contribution in [0.5, 0.6) is 0 Å². The zero-order valence-electron chi connectivity index (χ0n) is 11.0. The van der Waals surface area contributed by atoms with Crippen LogP contribution in [-0.2, 0) is 5.33 Å². The minimum Gasteiger partial charge on any atom is -0.339 e. The molecule has 0 radical (unpaired) electrons. The van der Waals surface area contributed by atoms with Crippen molar-refractivity contribution in [2.45, 2.75) is 12.3 Å². The summed E-state index contributed by atoms with van der Waals surface area (Å²) in [7, 11) is 0. The van der Waals surface area contributed by atoms with Crippen molar-refractivity contribution in [3.63, 3.8) is 0 Å². The highest BCUT2D eigenvalue weighted by atomic mass is 79.9. The van der Waals surface area contributed by atoms with Crippen molar-refractivity contribution in [1.82, 2.24) is 10.1 Å². The van der Waals surface area contributed by atoms with Crippen LogP contribution < -0.4 is 0 Å². The summed E-state index contributed by atoms with van der Waals surface area (Å²) in [6, 6.07) is 16.6. The Labute approximate surface area is 125 Å². The van der Waals surface area contributed by atoms with Crippen LogP contribution in [-0.4, -0.2) is 10.1 Å². The molecular weight excluding hydrogens is 316 g/mol. The Morgan fingerprint density at radius 1 is 1.00 bits per heavy atom. The molecule has 0 N–H and O–H groups in total. The lowest BCUT2D eigenvalue weighted by molar-refractivity contribution is 0.394. The highest BCUT2D eigenvalue weighted by Gasteiger charge is 2.07. The molecule has 0 saturated heterocycles. The van der Waals surface area contributed by atoms with Gasteiger partial charge < -0.3 is 4.52 Å². The van der Waals surface area contributed by atoms with Gasteiger partial charge in [0.05, 0.1) is 0 Å². The first-order chi connectivity index (χ1) is 9.76. The third-order valence-electron chi connectivity index (χ3n) is 3.06. The number of hydrogen-bond acceptors (Lipinski definition) is 3. The summed E-state index contributed by atoms with van der Waals surface area (Å²) in [5.74, 6) is 1.20. The van der Waals surface area contributed by atoms with E-state index in [-0.39, 0.29) is 0 Å². The number of hydrogen-bond donors (Lipinski definition) is 0. The summed E-state index contributed by atoms with van der Waals surface area (Å²) >= 11 is 3.49. The zero-order valence-corrected chi connectivity index (χ0v) is 12.6. The van der Waals surface area contributed by atoms with Crippen LogP contribution in [0.15, 0.2) is 53.1 Å². The van der Waals surface area contributed by atoms with E-state index in [1.54, 1.807) is 6.92 Å². The fourth-order valence-corrected chi connectivity index (χ4v) is 2.44. The zero-order chi connectivity index (χ0) is 13.9. The highest BCUT2D eigenvalue weighted by molar-refractivity contribution is 9.08. The first-order valence-electron chi connectivity index (χ1n) is 6.32. The Kier molecular flexibility index (Phi) is 3.65. The van der Waals surface area contributed by atoms with E-state index in [0.29, 0.717) is 11.7 Å². The second kappa shape index (κ2) is 5.59. The van der Waals surface area contributed by atoms with Crippen molar-refractivity contribution >= 4 is 15.9 Å². The third kappa shape index (κ3) is 2.65. The van der Waals surface area contributed by atoms with Gasteiger partial charge >= 0.3 is 0 Å². The van der Waals surface area contributed by atoms with Gasteiger partial charge in [0.2, 0.25) is 11.7 Å². The maximum atomic E-state index is 5.03. The maximum Gasteiger partial charge on any atom is 0.223 e. The van der Waals surface area contributed by atoms with Gasteiger partial charge in [-0.1, -0.05) is 63.6 Å². The molecule has 0 saturated carbocycles. The summed E-state index contributed by atoms with van der Waals surface area (Å²) in [4.78, 5) is 4.26. The lowest BCUT2D eigenvalue weighted by atomic mass is 10.0. The quantitative estimate of drug-likeness (QED) is 0.659. The molecule has 20 heavy (non-hydrogen) atoms. The van der Waals surface area contributed by atoms with Gasteiger partial charge in [0, 0.05) is 17.8 Å². The molecule has 0 fully saturated rings.